The Morgan fingerprint density at radius 2 is 1.89 bits per heavy atom. The number of esters is 1. The Morgan fingerprint density at radius 1 is 1.19 bits per heavy atom. The van der Waals surface area contributed by atoms with E-state index in [4.69, 9.17) is 9.47 Å². The minimum atomic E-state index is -0.596. The SMILES string of the molecule is Cc1ccc(C(C)C)c(OCC(=O)OCC(=O)Nc2c(C)nn(C)c2C)c1. The van der Waals surface area contributed by atoms with Crippen LogP contribution in [0.15, 0.2) is 18.2 Å². The number of benzene rings is 1. The summed E-state index contributed by atoms with van der Waals surface area (Å²) in [5.74, 6) is -0.0802. The molecule has 146 valence electrons. The standard InChI is InChI=1S/C20H27N3O4/c1-12(2)16-8-7-13(3)9-17(16)26-11-19(25)27-10-18(24)21-20-14(4)22-23(6)15(20)5/h7-9,12H,10-11H2,1-6H3,(H,21,24). The Balaban J connectivity index is 1.86. The van der Waals surface area contributed by atoms with Crippen LogP contribution >= 0.6 is 0 Å². The molecule has 27 heavy (non-hydrogen) atoms. The summed E-state index contributed by atoms with van der Waals surface area (Å²) in [6, 6.07) is 5.89. The van der Waals surface area contributed by atoms with Crippen molar-refractivity contribution in [1.29, 1.82) is 0 Å². The maximum atomic E-state index is 12.0. The highest BCUT2D eigenvalue weighted by Crippen LogP contribution is 2.27. The highest BCUT2D eigenvalue weighted by molar-refractivity contribution is 5.93. The number of aromatic nitrogens is 2. The highest BCUT2D eigenvalue weighted by Gasteiger charge is 2.15. The third-order valence-electron chi connectivity index (χ3n) is 4.27. The van der Waals surface area contributed by atoms with E-state index < -0.39 is 11.9 Å². The first kappa shape index (κ1) is 20.5. The number of nitrogens with one attached hydrogen (secondary N) is 1. The summed E-state index contributed by atoms with van der Waals surface area (Å²) in [5, 5.41) is 6.95. The zero-order valence-corrected chi connectivity index (χ0v) is 16.8. The first-order valence-corrected chi connectivity index (χ1v) is 8.88. The first-order chi connectivity index (χ1) is 12.7. The van der Waals surface area contributed by atoms with E-state index in [0.717, 1.165) is 16.8 Å². The monoisotopic (exact) mass is 373 g/mol. The number of nitrogens with zero attached hydrogens (tertiary/aromatic N) is 2. The second kappa shape index (κ2) is 8.70. The lowest BCUT2D eigenvalue weighted by Crippen LogP contribution is -2.24. The zero-order chi connectivity index (χ0) is 20.1. The van der Waals surface area contributed by atoms with Gasteiger partial charge in [0.15, 0.2) is 13.2 Å². The number of aryl methyl sites for hydroxylation is 3. The van der Waals surface area contributed by atoms with E-state index in [2.05, 4.69) is 24.3 Å². The van der Waals surface area contributed by atoms with Crippen LogP contribution in [-0.2, 0) is 21.4 Å². The van der Waals surface area contributed by atoms with Crippen molar-refractivity contribution in [2.75, 3.05) is 18.5 Å². The summed E-state index contributed by atoms with van der Waals surface area (Å²) in [5.41, 5.74) is 4.24. The van der Waals surface area contributed by atoms with Crippen LogP contribution in [0.1, 0.15) is 42.3 Å². The van der Waals surface area contributed by atoms with Gasteiger partial charge in [0.2, 0.25) is 0 Å². The van der Waals surface area contributed by atoms with Crippen LogP contribution in [0.25, 0.3) is 0 Å². The summed E-state index contributed by atoms with van der Waals surface area (Å²) >= 11 is 0. The van der Waals surface area contributed by atoms with Crippen molar-refractivity contribution in [3.8, 4) is 5.75 Å². The average molecular weight is 373 g/mol. The smallest absolute Gasteiger partial charge is 0.344 e. The van der Waals surface area contributed by atoms with E-state index >= 15 is 0 Å². The van der Waals surface area contributed by atoms with Gasteiger partial charge in [-0.25, -0.2) is 4.79 Å². The van der Waals surface area contributed by atoms with Gasteiger partial charge in [-0.1, -0.05) is 26.0 Å². The van der Waals surface area contributed by atoms with E-state index in [1.54, 1.807) is 18.7 Å². The molecular weight excluding hydrogens is 346 g/mol. The van der Waals surface area contributed by atoms with E-state index in [-0.39, 0.29) is 19.1 Å². The number of hydrogen-bond acceptors (Lipinski definition) is 5. The van der Waals surface area contributed by atoms with Crippen LogP contribution < -0.4 is 10.1 Å². The molecule has 7 nitrogen and oxygen atoms in total. The number of ether oxygens (including phenoxy) is 2. The van der Waals surface area contributed by atoms with Crippen molar-refractivity contribution in [3.05, 3.63) is 40.7 Å². The Hall–Kier alpha value is -2.83. The fourth-order valence-corrected chi connectivity index (χ4v) is 2.70. The maximum absolute atomic E-state index is 12.0. The molecule has 0 unspecified atom stereocenters. The van der Waals surface area contributed by atoms with Gasteiger partial charge < -0.3 is 14.8 Å². The summed E-state index contributed by atoms with van der Waals surface area (Å²) in [6.07, 6.45) is 0. The molecule has 0 aliphatic rings. The third kappa shape index (κ3) is 5.32. The van der Waals surface area contributed by atoms with Crippen molar-refractivity contribution in [1.82, 2.24) is 9.78 Å². The second-order valence-corrected chi connectivity index (χ2v) is 6.86. The highest BCUT2D eigenvalue weighted by atomic mass is 16.6. The lowest BCUT2D eigenvalue weighted by atomic mass is 10.0. The summed E-state index contributed by atoms with van der Waals surface area (Å²) in [7, 11) is 1.80. The van der Waals surface area contributed by atoms with Gasteiger partial charge in [-0.3, -0.25) is 9.48 Å². The van der Waals surface area contributed by atoms with Crippen LogP contribution in [0.5, 0.6) is 5.75 Å². The van der Waals surface area contributed by atoms with Crippen LogP contribution in [0, 0.1) is 20.8 Å². The Bertz CT molecular complexity index is 840. The van der Waals surface area contributed by atoms with Crippen molar-refractivity contribution < 1.29 is 19.1 Å². The van der Waals surface area contributed by atoms with E-state index in [1.807, 2.05) is 32.0 Å². The first-order valence-electron chi connectivity index (χ1n) is 8.88. The molecule has 0 aliphatic heterocycles. The van der Waals surface area contributed by atoms with Crippen LogP contribution in [0.3, 0.4) is 0 Å². The lowest BCUT2D eigenvalue weighted by molar-refractivity contribution is -0.149. The molecule has 0 bridgehead atoms. The van der Waals surface area contributed by atoms with Gasteiger partial charge in [-0.05, 0) is 43.9 Å². The second-order valence-electron chi connectivity index (χ2n) is 6.86. The Labute approximate surface area is 159 Å². The number of anilines is 1. The molecule has 0 atom stereocenters. The zero-order valence-electron chi connectivity index (χ0n) is 16.8. The molecule has 2 rings (SSSR count). The molecule has 2 aromatic rings. The molecular formula is C20H27N3O4. The number of hydrogen-bond donors (Lipinski definition) is 1. The quantitative estimate of drug-likeness (QED) is 0.755. The maximum Gasteiger partial charge on any atom is 0.344 e. The molecule has 1 heterocycles. The number of amides is 1. The molecule has 0 saturated carbocycles. The third-order valence-corrected chi connectivity index (χ3v) is 4.27. The van der Waals surface area contributed by atoms with Crippen molar-refractivity contribution in [2.45, 2.75) is 40.5 Å². The summed E-state index contributed by atoms with van der Waals surface area (Å²) in [6.45, 7) is 9.11. The fraction of sp³-hybridized carbons (Fsp3) is 0.450. The molecule has 1 amide bonds. The van der Waals surface area contributed by atoms with Crippen molar-refractivity contribution in [3.63, 3.8) is 0 Å². The predicted octanol–water partition coefficient (Wildman–Crippen LogP) is 3.03. The minimum Gasteiger partial charge on any atom is -0.482 e. The molecule has 1 aromatic heterocycles. The van der Waals surface area contributed by atoms with Gasteiger partial charge in [0.05, 0.1) is 17.1 Å². The number of carbonyl (C=O) groups is 2. The number of carbonyl (C=O) groups excluding carboxylic acids is 2. The van der Waals surface area contributed by atoms with Crippen LogP contribution in [-0.4, -0.2) is 34.9 Å². The molecule has 0 aliphatic carbocycles. The van der Waals surface area contributed by atoms with Gasteiger partial charge in [0.1, 0.15) is 5.75 Å². The van der Waals surface area contributed by atoms with Crippen LogP contribution in [0.2, 0.25) is 0 Å². The molecule has 0 fully saturated rings. The van der Waals surface area contributed by atoms with Gasteiger partial charge in [-0.2, -0.15) is 5.10 Å². The normalized spacial score (nSPS) is 10.8. The van der Waals surface area contributed by atoms with E-state index in [0.29, 0.717) is 17.1 Å². The molecule has 7 heteroatoms. The van der Waals surface area contributed by atoms with Gasteiger partial charge in [-0.15, -0.1) is 0 Å². The van der Waals surface area contributed by atoms with E-state index in [1.165, 1.54) is 0 Å². The lowest BCUT2D eigenvalue weighted by Gasteiger charge is -2.14. The minimum absolute atomic E-state index is 0.249. The topological polar surface area (TPSA) is 82.4 Å². The Kier molecular flexibility index (Phi) is 6.60. The van der Waals surface area contributed by atoms with Crippen molar-refractivity contribution >= 4 is 17.6 Å². The summed E-state index contributed by atoms with van der Waals surface area (Å²) in [4.78, 5) is 24.0. The average Bonchev–Trinajstić information content (AvgIpc) is 2.84. The molecule has 0 radical (unpaired) electrons. The van der Waals surface area contributed by atoms with Gasteiger partial charge >= 0.3 is 5.97 Å². The predicted molar refractivity (Wildman–Crippen MR) is 103 cm³/mol. The van der Waals surface area contributed by atoms with Crippen LogP contribution in [0.4, 0.5) is 5.69 Å². The van der Waals surface area contributed by atoms with E-state index in [9.17, 15) is 9.59 Å². The number of rotatable bonds is 7. The Morgan fingerprint density at radius 3 is 2.48 bits per heavy atom. The molecule has 0 saturated heterocycles. The largest absolute Gasteiger partial charge is 0.482 e. The molecule has 1 N–H and O–H groups in total. The van der Waals surface area contributed by atoms with Gasteiger partial charge in [0, 0.05) is 7.05 Å². The van der Waals surface area contributed by atoms with Gasteiger partial charge in [0.25, 0.3) is 5.91 Å². The van der Waals surface area contributed by atoms with Crippen molar-refractivity contribution in [2.24, 2.45) is 7.05 Å². The molecule has 1 aromatic carbocycles. The molecule has 0 spiro atoms. The fourth-order valence-electron chi connectivity index (χ4n) is 2.70. The summed E-state index contributed by atoms with van der Waals surface area (Å²) < 4.78 is 12.3.